The summed E-state index contributed by atoms with van der Waals surface area (Å²) in [5, 5.41) is 15.1. The Labute approximate surface area is 212 Å². The number of amides is 1. The monoisotopic (exact) mass is 497 g/mol. The van der Waals surface area contributed by atoms with Crippen molar-refractivity contribution in [3.05, 3.63) is 136 Å². The summed E-state index contributed by atoms with van der Waals surface area (Å²) in [4.78, 5) is 24.2. The summed E-state index contributed by atoms with van der Waals surface area (Å²) in [5.74, 6) is -0.586. The number of hydrogen-bond donors (Lipinski definition) is 1. The van der Waals surface area contributed by atoms with Crippen molar-refractivity contribution >= 4 is 22.5 Å². The molecule has 0 saturated carbocycles. The third-order valence-electron chi connectivity index (χ3n) is 6.36. The Bertz CT molecular complexity index is 1540. The van der Waals surface area contributed by atoms with E-state index in [9.17, 15) is 19.3 Å². The Morgan fingerprint density at radius 2 is 1.86 bits per heavy atom. The Balaban J connectivity index is 1.58. The third kappa shape index (κ3) is 5.43. The zero-order chi connectivity index (χ0) is 25.8. The molecule has 0 fully saturated rings. The van der Waals surface area contributed by atoms with Crippen LogP contribution in [0.5, 0.6) is 0 Å². The first-order valence-electron chi connectivity index (χ1n) is 11.8. The molecule has 1 N–H and O–H groups in total. The van der Waals surface area contributed by atoms with E-state index >= 15 is 0 Å². The fourth-order valence-electron chi connectivity index (χ4n) is 4.60. The Morgan fingerprint density at radius 1 is 1.03 bits per heavy atom. The minimum Gasteiger partial charge on any atom is -0.467 e. The number of nitro groups is 1. The van der Waals surface area contributed by atoms with Gasteiger partial charge in [0.2, 0.25) is 5.91 Å². The van der Waals surface area contributed by atoms with Crippen molar-refractivity contribution < 1.29 is 18.5 Å². The van der Waals surface area contributed by atoms with Gasteiger partial charge < -0.3 is 14.3 Å². The van der Waals surface area contributed by atoms with Crippen molar-refractivity contribution in [2.75, 3.05) is 0 Å². The zero-order valence-corrected chi connectivity index (χ0v) is 19.8. The third-order valence-corrected chi connectivity index (χ3v) is 6.36. The molecular weight excluding hydrogens is 473 g/mol. The summed E-state index contributed by atoms with van der Waals surface area (Å²) >= 11 is 0. The van der Waals surface area contributed by atoms with Gasteiger partial charge in [-0.25, -0.2) is 4.39 Å². The lowest BCUT2D eigenvalue weighted by atomic mass is 9.88. The lowest BCUT2D eigenvalue weighted by molar-refractivity contribution is -0.384. The molecule has 0 aliphatic carbocycles. The molecule has 0 saturated heterocycles. The number of fused-ring (bicyclic) bond motifs is 1. The number of hydrogen-bond acceptors (Lipinski definition) is 4. The second-order valence-electron chi connectivity index (χ2n) is 8.82. The van der Waals surface area contributed by atoms with Gasteiger partial charge in [0.25, 0.3) is 5.69 Å². The van der Waals surface area contributed by atoms with Gasteiger partial charge in [-0.2, -0.15) is 0 Å². The lowest BCUT2D eigenvalue weighted by Gasteiger charge is -2.17. The molecule has 5 rings (SSSR count). The summed E-state index contributed by atoms with van der Waals surface area (Å²) in [7, 11) is 0. The highest BCUT2D eigenvalue weighted by molar-refractivity contribution is 5.88. The first-order chi connectivity index (χ1) is 18.0. The van der Waals surface area contributed by atoms with Crippen molar-refractivity contribution in [2.24, 2.45) is 0 Å². The smallest absolute Gasteiger partial charge is 0.270 e. The van der Waals surface area contributed by atoms with Crippen LogP contribution in [0.2, 0.25) is 0 Å². The summed E-state index contributed by atoms with van der Waals surface area (Å²) < 4.78 is 21.6. The quantitative estimate of drug-likeness (QED) is 0.195. The first-order valence-corrected chi connectivity index (χ1v) is 11.8. The largest absolute Gasteiger partial charge is 0.467 e. The van der Waals surface area contributed by atoms with E-state index in [1.807, 2.05) is 41.1 Å². The number of nitrogens with zero attached hydrogens (tertiary/aromatic N) is 2. The van der Waals surface area contributed by atoms with Gasteiger partial charge in [-0.1, -0.05) is 42.5 Å². The summed E-state index contributed by atoms with van der Waals surface area (Å²) in [6.45, 7) is 0.763. The van der Waals surface area contributed by atoms with E-state index in [0.717, 1.165) is 11.1 Å². The number of nitrogens with one attached hydrogen (secondary N) is 1. The van der Waals surface area contributed by atoms with E-state index in [1.165, 1.54) is 30.5 Å². The summed E-state index contributed by atoms with van der Waals surface area (Å²) in [5.41, 5.74) is 3.13. The Kier molecular flexibility index (Phi) is 6.81. The summed E-state index contributed by atoms with van der Waals surface area (Å²) in [6.07, 6.45) is 3.47. The number of rotatable bonds is 9. The van der Waals surface area contributed by atoms with Crippen LogP contribution in [0.3, 0.4) is 0 Å². The van der Waals surface area contributed by atoms with Crippen LogP contribution >= 0.6 is 0 Å². The number of carbonyl (C=O) groups excluding carboxylic acids is 1. The van der Waals surface area contributed by atoms with Crippen LogP contribution in [0.1, 0.15) is 34.8 Å². The highest BCUT2D eigenvalue weighted by atomic mass is 19.1. The number of furan rings is 1. The molecule has 0 aliphatic heterocycles. The molecule has 3 aromatic carbocycles. The number of halogens is 1. The van der Waals surface area contributed by atoms with E-state index in [1.54, 1.807) is 30.3 Å². The molecular formula is C29H24FN3O4. The fraction of sp³-hybridized carbons (Fsp3) is 0.138. The van der Waals surface area contributed by atoms with Crippen molar-refractivity contribution in [3.8, 4) is 0 Å². The van der Waals surface area contributed by atoms with E-state index < -0.39 is 16.7 Å². The average molecular weight is 498 g/mol. The SMILES string of the molecule is O=C(C[C@H](c1cccc(F)c1)c1cn(Cc2ccccc2)c2ccc([N+](=O)[O-])cc12)NCc1ccco1. The van der Waals surface area contributed by atoms with Gasteiger partial charge in [0, 0.05) is 48.1 Å². The van der Waals surface area contributed by atoms with Crippen LogP contribution in [0.15, 0.2) is 102 Å². The topological polar surface area (TPSA) is 90.3 Å². The highest BCUT2D eigenvalue weighted by Crippen LogP contribution is 2.37. The van der Waals surface area contributed by atoms with E-state index in [0.29, 0.717) is 28.8 Å². The second kappa shape index (κ2) is 10.5. The van der Waals surface area contributed by atoms with Crippen molar-refractivity contribution in [3.63, 3.8) is 0 Å². The predicted octanol–water partition coefficient (Wildman–Crippen LogP) is 6.17. The summed E-state index contributed by atoms with van der Waals surface area (Å²) in [6, 6.07) is 24.2. The Morgan fingerprint density at radius 3 is 2.59 bits per heavy atom. The first kappa shape index (κ1) is 24.0. The van der Waals surface area contributed by atoms with Gasteiger partial charge in [0.1, 0.15) is 11.6 Å². The molecule has 0 radical (unpaired) electrons. The van der Waals surface area contributed by atoms with Gasteiger partial charge >= 0.3 is 0 Å². The molecule has 8 heteroatoms. The van der Waals surface area contributed by atoms with Gasteiger partial charge in [0.05, 0.1) is 17.7 Å². The highest BCUT2D eigenvalue weighted by Gasteiger charge is 2.25. The lowest BCUT2D eigenvalue weighted by Crippen LogP contribution is -2.24. The molecule has 1 amide bonds. The molecule has 7 nitrogen and oxygen atoms in total. The predicted molar refractivity (Wildman–Crippen MR) is 138 cm³/mol. The maximum atomic E-state index is 14.3. The minimum absolute atomic E-state index is 0.0251. The molecule has 2 heterocycles. The molecule has 2 aromatic heterocycles. The number of nitro benzene ring substituents is 1. The Hall–Kier alpha value is -4.72. The van der Waals surface area contributed by atoms with Crippen LogP contribution in [0, 0.1) is 15.9 Å². The average Bonchev–Trinajstić information content (AvgIpc) is 3.55. The number of carbonyl (C=O) groups is 1. The molecule has 186 valence electrons. The van der Waals surface area contributed by atoms with Crippen molar-refractivity contribution in [2.45, 2.75) is 25.4 Å². The number of aromatic nitrogens is 1. The molecule has 0 unspecified atom stereocenters. The van der Waals surface area contributed by atoms with Gasteiger partial charge in [-0.3, -0.25) is 14.9 Å². The number of non-ortho nitro benzene ring substituents is 1. The number of benzene rings is 3. The van der Waals surface area contributed by atoms with Crippen LogP contribution in [0.25, 0.3) is 10.9 Å². The minimum atomic E-state index is -0.533. The van der Waals surface area contributed by atoms with Crippen LogP contribution in [-0.4, -0.2) is 15.4 Å². The molecule has 0 spiro atoms. The van der Waals surface area contributed by atoms with Crippen LogP contribution in [0.4, 0.5) is 10.1 Å². The normalized spacial score (nSPS) is 11.9. The standard InChI is InChI=1S/C29H24FN3O4/c30-22-9-4-8-21(14-22)25(16-29(34)31-17-24-10-5-13-37-24)27-19-32(18-20-6-2-1-3-7-20)28-12-11-23(33(35)36)15-26(27)28/h1-15,19,25H,16-18H2,(H,31,34)/t25-/m1/s1. The maximum Gasteiger partial charge on any atom is 0.270 e. The fourth-order valence-corrected chi connectivity index (χ4v) is 4.60. The van der Waals surface area contributed by atoms with Crippen molar-refractivity contribution in [1.82, 2.24) is 9.88 Å². The van der Waals surface area contributed by atoms with Gasteiger partial charge in [-0.05, 0) is 47.0 Å². The van der Waals surface area contributed by atoms with Gasteiger partial charge in [-0.15, -0.1) is 0 Å². The maximum absolute atomic E-state index is 14.3. The second-order valence-corrected chi connectivity index (χ2v) is 8.82. The van der Waals surface area contributed by atoms with Crippen LogP contribution < -0.4 is 5.32 Å². The zero-order valence-electron chi connectivity index (χ0n) is 19.8. The van der Waals surface area contributed by atoms with Crippen LogP contribution in [-0.2, 0) is 17.9 Å². The molecule has 0 bridgehead atoms. The molecule has 0 aliphatic rings. The van der Waals surface area contributed by atoms with E-state index in [2.05, 4.69) is 5.32 Å². The van der Waals surface area contributed by atoms with E-state index in [-0.39, 0.29) is 24.6 Å². The van der Waals surface area contributed by atoms with E-state index in [4.69, 9.17) is 4.42 Å². The molecule has 5 aromatic rings. The van der Waals surface area contributed by atoms with Crippen molar-refractivity contribution in [1.29, 1.82) is 0 Å². The molecule has 1 atom stereocenters. The molecule has 37 heavy (non-hydrogen) atoms. The van der Waals surface area contributed by atoms with Gasteiger partial charge in [0.15, 0.2) is 0 Å².